The summed E-state index contributed by atoms with van der Waals surface area (Å²) in [5.41, 5.74) is 1.35. The topological polar surface area (TPSA) is 12.0 Å². The van der Waals surface area contributed by atoms with Gasteiger partial charge in [0.05, 0.1) is 0 Å². The van der Waals surface area contributed by atoms with Gasteiger partial charge in [-0.05, 0) is 30.5 Å². The van der Waals surface area contributed by atoms with Gasteiger partial charge in [-0.25, -0.2) is 4.39 Å². The van der Waals surface area contributed by atoms with E-state index in [1.807, 2.05) is 6.07 Å². The van der Waals surface area contributed by atoms with Crippen molar-refractivity contribution in [1.29, 1.82) is 0 Å². The summed E-state index contributed by atoms with van der Waals surface area (Å²) >= 11 is 0. The molecule has 0 atom stereocenters. The summed E-state index contributed by atoms with van der Waals surface area (Å²) in [5, 5.41) is 3.48. The van der Waals surface area contributed by atoms with Gasteiger partial charge in [0.25, 0.3) is 0 Å². The molecule has 0 bridgehead atoms. The third kappa shape index (κ3) is 2.27. The molecule has 1 aromatic rings. The van der Waals surface area contributed by atoms with E-state index in [-0.39, 0.29) is 11.2 Å². The zero-order chi connectivity index (χ0) is 11.6. The van der Waals surface area contributed by atoms with Gasteiger partial charge in [-0.1, -0.05) is 32.4 Å². The summed E-state index contributed by atoms with van der Waals surface area (Å²) < 4.78 is 13.2. The highest BCUT2D eigenvalue weighted by Crippen LogP contribution is 2.43. The van der Waals surface area contributed by atoms with Crippen LogP contribution < -0.4 is 5.32 Å². The molecule has 0 spiro atoms. The van der Waals surface area contributed by atoms with E-state index in [2.05, 4.69) is 25.2 Å². The zero-order valence-electron chi connectivity index (χ0n) is 10.1. The molecule has 2 rings (SSSR count). The standard InChI is InChI=1S/C14H20FN/c1-11(2)16-10-14(7-4-8-14)12-5-3-6-13(15)9-12/h3,5-6,9,11,16H,4,7-8,10H2,1-2H3. The number of halogens is 1. The first kappa shape index (κ1) is 11.6. The molecule has 1 saturated carbocycles. The van der Waals surface area contributed by atoms with Crippen molar-refractivity contribution in [1.82, 2.24) is 5.32 Å². The van der Waals surface area contributed by atoms with Gasteiger partial charge >= 0.3 is 0 Å². The van der Waals surface area contributed by atoms with Gasteiger partial charge in [0, 0.05) is 18.0 Å². The highest BCUT2D eigenvalue weighted by atomic mass is 19.1. The van der Waals surface area contributed by atoms with E-state index < -0.39 is 0 Å². The summed E-state index contributed by atoms with van der Waals surface area (Å²) in [7, 11) is 0. The number of nitrogens with one attached hydrogen (secondary N) is 1. The molecule has 0 amide bonds. The Hall–Kier alpha value is -0.890. The molecule has 1 fully saturated rings. The molecule has 1 aromatic carbocycles. The molecule has 16 heavy (non-hydrogen) atoms. The number of benzene rings is 1. The van der Waals surface area contributed by atoms with Crippen LogP contribution in [0.25, 0.3) is 0 Å². The third-order valence-electron chi connectivity index (χ3n) is 3.60. The van der Waals surface area contributed by atoms with Gasteiger partial charge in [0.15, 0.2) is 0 Å². The Bertz CT molecular complexity index is 356. The fourth-order valence-corrected chi connectivity index (χ4v) is 2.39. The van der Waals surface area contributed by atoms with Crippen LogP contribution in [0.4, 0.5) is 4.39 Å². The minimum absolute atomic E-state index is 0.117. The van der Waals surface area contributed by atoms with Crippen molar-refractivity contribution in [2.75, 3.05) is 6.54 Å². The summed E-state index contributed by atoms with van der Waals surface area (Å²) in [5.74, 6) is -0.117. The average molecular weight is 221 g/mol. The molecule has 0 aromatic heterocycles. The van der Waals surface area contributed by atoms with E-state index in [9.17, 15) is 4.39 Å². The lowest BCUT2D eigenvalue weighted by molar-refractivity contribution is 0.227. The second-order valence-corrected chi connectivity index (χ2v) is 5.18. The number of hydrogen-bond donors (Lipinski definition) is 1. The van der Waals surface area contributed by atoms with Gasteiger partial charge in [0.1, 0.15) is 5.82 Å². The van der Waals surface area contributed by atoms with E-state index in [1.54, 1.807) is 6.07 Å². The molecule has 0 saturated heterocycles. The molecule has 1 nitrogen and oxygen atoms in total. The minimum Gasteiger partial charge on any atom is -0.314 e. The van der Waals surface area contributed by atoms with Crippen LogP contribution in [0.5, 0.6) is 0 Å². The van der Waals surface area contributed by atoms with Crippen molar-refractivity contribution in [2.45, 2.75) is 44.6 Å². The summed E-state index contributed by atoms with van der Waals surface area (Å²) in [6.07, 6.45) is 3.61. The fraction of sp³-hybridized carbons (Fsp3) is 0.571. The van der Waals surface area contributed by atoms with E-state index >= 15 is 0 Å². The first-order chi connectivity index (χ1) is 7.62. The zero-order valence-corrected chi connectivity index (χ0v) is 10.1. The van der Waals surface area contributed by atoms with Gasteiger partial charge < -0.3 is 5.32 Å². The Labute approximate surface area is 97.1 Å². The largest absolute Gasteiger partial charge is 0.314 e. The van der Waals surface area contributed by atoms with Crippen LogP contribution in [0.1, 0.15) is 38.7 Å². The second-order valence-electron chi connectivity index (χ2n) is 5.18. The molecule has 88 valence electrons. The highest BCUT2D eigenvalue weighted by molar-refractivity contribution is 5.29. The van der Waals surface area contributed by atoms with Crippen LogP contribution in [0.15, 0.2) is 24.3 Å². The third-order valence-corrected chi connectivity index (χ3v) is 3.60. The fourth-order valence-electron chi connectivity index (χ4n) is 2.39. The lowest BCUT2D eigenvalue weighted by atomic mass is 9.64. The van der Waals surface area contributed by atoms with Crippen LogP contribution in [0, 0.1) is 5.82 Å². The first-order valence-electron chi connectivity index (χ1n) is 6.12. The molecule has 0 radical (unpaired) electrons. The van der Waals surface area contributed by atoms with E-state index in [1.165, 1.54) is 25.3 Å². The molecule has 1 aliphatic carbocycles. The lowest BCUT2D eigenvalue weighted by Crippen LogP contribution is -2.45. The monoisotopic (exact) mass is 221 g/mol. The molecule has 0 heterocycles. The van der Waals surface area contributed by atoms with Crippen molar-refractivity contribution in [3.05, 3.63) is 35.6 Å². The Kier molecular flexibility index (Phi) is 3.29. The summed E-state index contributed by atoms with van der Waals surface area (Å²) in [6, 6.07) is 7.59. The number of hydrogen-bond acceptors (Lipinski definition) is 1. The Morgan fingerprint density at radius 3 is 2.62 bits per heavy atom. The predicted molar refractivity (Wildman–Crippen MR) is 65.1 cm³/mol. The molecular weight excluding hydrogens is 201 g/mol. The molecule has 2 heteroatoms. The van der Waals surface area contributed by atoms with Crippen LogP contribution >= 0.6 is 0 Å². The molecular formula is C14H20FN. The van der Waals surface area contributed by atoms with Gasteiger partial charge in [-0.15, -0.1) is 0 Å². The quantitative estimate of drug-likeness (QED) is 0.823. The van der Waals surface area contributed by atoms with Crippen LogP contribution in [0.3, 0.4) is 0 Å². The first-order valence-corrected chi connectivity index (χ1v) is 6.12. The van der Waals surface area contributed by atoms with Gasteiger partial charge in [-0.2, -0.15) is 0 Å². The Morgan fingerprint density at radius 2 is 2.12 bits per heavy atom. The van der Waals surface area contributed by atoms with Gasteiger partial charge in [0.2, 0.25) is 0 Å². The maximum absolute atomic E-state index is 13.2. The summed E-state index contributed by atoms with van der Waals surface area (Å²) in [6.45, 7) is 5.27. The lowest BCUT2D eigenvalue weighted by Gasteiger charge is -2.43. The minimum atomic E-state index is -0.117. The SMILES string of the molecule is CC(C)NCC1(c2cccc(F)c2)CCC1. The maximum Gasteiger partial charge on any atom is 0.123 e. The predicted octanol–water partition coefficient (Wildman–Crippen LogP) is 3.25. The maximum atomic E-state index is 13.2. The normalized spacial score (nSPS) is 18.5. The smallest absolute Gasteiger partial charge is 0.123 e. The molecule has 1 aliphatic rings. The summed E-state index contributed by atoms with van der Waals surface area (Å²) in [4.78, 5) is 0. The Balaban J connectivity index is 2.14. The number of rotatable bonds is 4. The van der Waals surface area contributed by atoms with Crippen molar-refractivity contribution >= 4 is 0 Å². The van der Waals surface area contributed by atoms with Crippen molar-refractivity contribution in [2.24, 2.45) is 0 Å². The van der Waals surface area contributed by atoms with Gasteiger partial charge in [-0.3, -0.25) is 0 Å². The average Bonchev–Trinajstić information content (AvgIpc) is 2.15. The molecule has 0 unspecified atom stereocenters. The van der Waals surface area contributed by atoms with E-state index in [0.29, 0.717) is 6.04 Å². The second kappa shape index (κ2) is 4.54. The van der Waals surface area contributed by atoms with E-state index in [4.69, 9.17) is 0 Å². The van der Waals surface area contributed by atoms with Crippen molar-refractivity contribution in [3.8, 4) is 0 Å². The Morgan fingerprint density at radius 1 is 1.38 bits per heavy atom. The van der Waals surface area contributed by atoms with Crippen LogP contribution in [-0.4, -0.2) is 12.6 Å². The van der Waals surface area contributed by atoms with Crippen molar-refractivity contribution in [3.63, 3.8) is 0 Å². The van der Waals surface area contributed by atoms with E-state index in [0.717, 1.165) is 12.1 Å². The highest BCUT2D eigenvalue weighted by Gasteiger charge is 2.38. The molecule has 0 aliphatic heterocycles. The van der Waals surface area contributed by atoms with Crippen LogP contribution in [-0.2, 0) is 5.41 Å². The van der Waals surface area contributed by atoms with Crippen LogP contribution in [0.2, 0.25) is 0 Å². The van der Waals surface area contributed by atoms with Crippen molar-refractivity contribution < 1.29 is 4.39 Å². The molecule has 1 N–H and O–H groups in total.